The molecule has 2 N–H and O–H groups in total. The van der Waals surface area contributed by atoms with Gasteiger partial charge in [-0.05, 0) is 31.9 Å². The van der Waals surface area contributed by atoms with E-state index in [0.29, 0.717) is 13.1 Å². The van der Waals surface area contributed by atoms with E-state index in [0.717, 1.165) is 16.9 Å². The van der Waals surface area contributed by atoms with Crippen molar-refractivity contribution in [3.05, 3.63) is 29.3 Å². The molecule has 1 atom stereocenters. The van der Waals surface area contributed by atoms with Crippen molar-refractivity contribution >= 4 is 5.91 Å². The number of rotatable bonds is 8. The molecule has 0 saturated carbocycles. The van der Waals surface area contributed by atoms with E-state index < -0.39 is 6.10 Å². The zero-order valence-electron chi connectivity index (χ0n) is 13.3. The lowest BCUT2D eigenvalue weighted by molar-refractivity contribution is -0.128. The van der Waals surface area contributed by atoms with Gasteiger partial charge in [-0.3, -0.25) is 4.79 Å². The van der Waals surface area contributed by atoms with Gasteiger partial charge in [0.2, 0.25) is 5.91 Å². The Morgan fingerprint density at radius 3 is 2.57 bits per heavy atom. The minimum Gasteiger partial charge on any atom is -0.490 e. The first-order valence-corrected chi connectivity index (χ1v) is 7.27. The van der Waals surface area contributed by atoms with Gasteiger partial charge in [0.1, 0.15) is 18.5 Å². The van der Waals surface area contributed by atoms with Gasteiger partial charge in [-0.1, -0.05) is 18.2 Å². The Kier molecular flexibility index (Phi) is 7.19. The number of carbonyl (C=O) groups excluding carboxylic acids is 1. The molecule has 118 valence electrons. The third-order valence-electron chi connectivity index (χ3n) is 3.39. The van der Waals surface area contributed by atoms with Crippen molar-refractivity contribution in [2.45, 2.75) is 26.9 Å². The third-order valence-corrected chi connectivity index (χ3v) is 3.39. The first-order valence-electron chi connectivity index (χ1n) is 7.27. The maximum atomic E-state index is 11.6. The Balaban J connectivity index is 2.32. The van der Waals surface area contributed by atoms with Crippen LogP contribution >= 0.6 is 0 Å². The molecular weight excluding hydrogens is 268 g/mol. The fraction of sp³-hybridized carbons (Fsp3) is 0.562. The van der Waals surface area contributed by atoms with E-state index in [2.05, 4.69) is 5.32 Å². The van der Waals surface area contributed by atoms with Gasteiger partial charge in [-0.25, -0.2) is 0 Å². The van der Waals surface area contributed by atoms with Gasteiger partial charge in [0, 0.05) is 20.1 Å². The molecule has 1 aromatic carbocycles. The highest BCUT2D eigenvalue weighted by Gasteiger charge is 2.10. The predicted molar refractivity (Wildman–Crippen MR) is 83.6 cm³/mol. The lowest BCUT2D eigenvalue weighted by Gasteiger charge is -2.17. The SMILES string of the molecule is CCN(C)C(=O)CNCC(O)COc1c(C)cccc1C. The maximum absolute atomic E-state index is 11.6. The van der Waals surface area contributed by atoms with E-state index in [9.17, 15) is 9.90 Å². The molecule has 1 amide bonds. The van der Waals surface area contributed by atoms with Crippen molar-refractivity contribution in [2.75, 3.05) is 33.3 Å². The van der Waals surface area contributed by atoms with Crippen LogP contribution in [0.5, 0.6) is 5.75 Å². The number of nitrogens with one attached hydrogen (secondary N) is 1. The number of aliphatic hydroxyl groups excluding tert-OH is 1. The molecule has 5 nitrogen and oxygen atoms in total. The van der Waals surface area contributed by atoms with Crippen LogP contribution in [-0.2, 0) is 4.79 Å². The number of benzene rings is 1. The first kappa shape index (κ1) is 17.5. The molecule has 1 aromatic rings. The first-order chi connectivity index (χ1) is 9.95. The second kappa shape index (κ2) is 8.64. The molecule has 0 aromatic heterocycles. The smallest absolute Gasteiger partial charge is 0.236 e. The predicted octanol–water partition coefficient (Wildman–Crippen LogP) is 1.11. The summed E-state index contributed by atoms with van der Waals surface area (Å²) >= 11 is 0. The van der Waals surface area contributed by atoms with Crippen molar-refractivity contribution < 1.29 is 14.6 Å². The summed E-state index contributed by atoms with van der Waals surface area (Å²) in [5.74, 6) is 0.832. The van der Waals surface area contributed by atoms with E-state index in [1.807, 2.05) is 39.0 Å². The normalized spacial score (nSPS) is 12.0. The van der Waals surface area contributed by atoms with Gasteiger partial charge in [0.25, 0.3) is 0 Å². The quantitative estimate of drug-likeness (QED) is 0.754. The second-order valence-corrected chi connectivity index (χ2v) is 5.22. The number of aliphatic hydroxyl groups is 1. The third kappa shape index (κ3) is 5.73. The molecule has 1 rings (SSSR count). The number of para-hydroxylation sites is 1. The van der Waals surface area contributed by atoms with E-state index in [1.54, 1.807) is 11.9 Å². The molecule has 0 spiro atoms. The van der Waals surface area contributed by atoms with Crippen molar-refractivity contribution in [3.63, 3.8) is 0 Å². The molecule has 5 heteroatoms. The van der Waals surface area contributed by atoms with Gasteiger partial charge in [0.05, 0.1) is 6.54 Å². The highest BCUT2D eigenvalue weighted by Crippen LogP contribution is 2.22. The van der Waals surface area contributed by atoms with Crippen LogP contribution < -0.4 is 10.1 Å². The van der Waals surface area contributed by atoms with E-state index >= 15 is 0 Å². The van der Waals surface area contributed by atoms with Crippen molar-refractivity contribution in [1.29, 1.82) is 0 Å². The zero-order valence-corrected chi connectivity index (χ0v) is 13.3. The summed E-state index contributed by atoms with van der Waals surface area (Å²) in [6.45, 7) is 7.32. The molecule has 0 aliphatic carbocycles. The standard InChI is InChI=1S/C16H26N2O3/c1-5-18(4)15(20)10-17-9-14(19)11-21-16-12(2)7-6-8-13(16)3/h6-8,14,17,19H,5,9-11H2,1-4H3. The Bertz CT molecular complexity index is 443. The molecule has 0 fully saturated rings. The monoisotopic (exact) mass is 294 g/mol. The molecule has 1 unspecified atom stereocenters. The Labute approximate surface area is 126 Å². The van der Waals surface area contributed by atoms with Crippen LogP contribution in [0, 0.1) is 13.8 Å². The summed E-state index contributed by atoms with van der Waals surface area (Å²) in [5, 5.41) is 12.8. The van der Waals surface area contributed by atoms with Gasteiger partial charge in [0.15, 0.2) is 0 Å². The summed E-state index contributed by atoms with van der Waals surface area (Å²) in [6, 6.07) is 5.93. The fourth-order valence-corrected chi connectivity index (χ4v) is 1.92. The number of amides is 1. The number of aryl methyl sites for hydroxylation is 2. The van der Waals surface area contributed by atoms with Crippen LogP contribution in [0.4, 0.5) is 0 Å². The molecule has 0 radical (unpaired) electrons. The number of hydrogen-bond acceptors (Lipinski definition) is 4. The molecular formula is C16H26N2O3. The lowest BCUT2D eigenvalue weighted by Crippen LogP contribution is -2.39. The molecule has 21 heavy (non-hydrogen) atoms. The minimum atomic E-state index is -0.649. The topological polar surface area (TPSA) is 61.8 Å². The van der Waals surface area contributed by atoms with Crippen LogP contribution in [0.1, 0.15) is 18.1 Å². The minimum absolute atomic E-state index is 0.0142. The van der Waals surface area contributed by atoms with Crippen LogP contribution in [0.2, 0.25) is 0 Å². The highest BCUT2D eigenvalue weighted by atomic mass is 16.5. The van der Waals surface area contributed by atoms with Crippen molar-refractivity contribution in [3.8, 4) is 5.75 Å². The summed E-state index contributed by atoms with van der Waals surface area (Å²) in [7, 11) is 1.75. The number of likely N-dealkylation sites (N-methyl/N-ethyl adjacent to an activating group) is 1. The average molecular weight is 294 g/mol. The number of nitrogens with zero attached hydrogens (tertiary/aromatic N) is 1. The Morgan fingerprint density at radius 2 is 2.00 bits per heavy atom. The summed E-state index contributed by atoms with van der Waals surface area (Å²) < 4.78 is 5.67. The van der Waals surface area contributed by atoms with Gasteiger partial charge >= 0.3 is 0 Å². The molecule has 0 heterocycles. The highest BCUT2D eigenvalue weighted by molar-refractivity contribution is 5.77. The second-order valence-electron chi connectivity index (χ2n) is 5.22. The van der Waals surface area contributed by atoms with E-state index in [1.165, 1.54) is 0 Å². The van der Waals surface area contributed by atoms with Crippen molar-refractivity contribution in [2.24, 2.45) is 0 Å². The van der Waals surface area contributed by atoms with Crippen molar-refractivity contribution in [1.82, 2.24) is 10.2 Å². The van der Waals surface area contributed by atoms with Crippen LogP contribution in [0.3, 0.4) is 0 Å². The van der Waals surface area contributed by atoms with E-state index in [4.69, 9.17) is 4.74 Å². The van der Waals surface area contributed by atoms with E-state index in [-0.39, 0.29) is 19.1 Å². The lowest BCUT2D eigenvalue weighted by atomic mass is 10.1. The fourth-order valence-electron chi connectivity index (χ4n) is 1.92. The summed E-state index contributed by atoms with van der Waals surface area (Å²) in [5.41, 5.74) is 2.10. The summed E-state index contributed by atoms with van der Waals surface area (Å²) in [4.78, 5) is 13.2. The maximum Gasteiger partial charge on any atom is 0.236 e. The largest absolute Gasteiger partial charge is 0.490 e. The van der Waals surface area contributed by atoms with Crippen LogP contribution in [0.25, 0.3) is 0 Å². The van der Waals surface area contributed by atoms with Gasteiger partial charge < -0.3 is 20.1 Å². The van der Waals surface area contributed by atoms with Crippen LogP contribution in [-0.4, -0.2) is 55.3 Å². The number of ether oxygens (including phenoxy) is 1. The molecule has 0 saturated heterocycles. The number of carbonyl (C=O) groups is 1. The average Bonchev–Trinajstić information content (AvgIpc) is 2.45. The van der Waals surface area contributed by atoms with Crippen LogP contribution in [0.15, 0.2) is 18.2 Å². The molecule has 0 aliphatic rings. The van der Waals surface area contributed by atoms with Gasteiger partial charge in [-0.2, -0.15) is 0 Å². The Morgan fingerprint density at radius 1 is 1.38 bits per heavy atom. The van der Waals surface area contributed by atoms with Gasteiger partial charge in [-0.15, -0.1) is 0 Å². The zero-order chi connectivity index (χ0) is 15.8. The molecule has 0 aliphatic heterocycles. The number of hydrogen-bond donors (Lipinski definition) is 2. The Hall–Kier alpha value is -1.59. The summed E-state index contributed by atoms with van der Waals surface area (Å²) in [6.07, 6.45) is -0.649. The molecule has 0 bridgehead atoms.